The minimum atomic E-state index is -3.74. The third-order valence-corrected chi connectivity index (χ3v) is 5.67. The van der Waals surface area contributed by atoms with Crippen molar-refractivity contribution in [3.63, 3.8) is 0 Å². The average molecular weight is 379 g/mol. The van der Waals surface area contributed by atoms with Gasteiger partial charge in [-0.1, -0.05) is 30.3 Å². The highest BCUT2D eigenvalue weighted by Gasteiger charge is 2.27. The number of aryl methyl sites for hydroxylation is 1. The third kappa shape index (κ3) is 4.51. The average Bonchev–Trinajstić information content (AvgIpc) is 3.01. The van der Waals surface area contributed by atoms with Gasteiger partial charge in [0.25, 0.3) is 15.9 Å². The summed E-state index contributed by atoms with van der Waals surface area (Å²) >= 11 is 0. The zero-order valence-electron chi connectivity index (χ0n) is 15.3. The molecule has 0 aliphatic rings. The van der Waals surface area contributed by atoms with Crippen LogP contribution in [0.5, 0.6) is 0 Å². The van der Waals surface area contributed by atoms with Crippen LogP contribution in [0.1, 0.15) is 28.1 Å². The maximum Gasteiger partial charge on any atom is 0.275 e. The van der Waals surface area contributed by atoms with Crippen molar-refractivity contribution >= 4 is 15.9 Å². The summed E-state index contributed by atoms with van der Waals surface area (Å²) in [7, 11) is -0.909. The van der Waals surface area contributed by atoms with Gasteiger partial charge in [0.05, 0.1) is 5.56 Å². The Bertz CT molecular complexity index is 845. The molecule has 2 aromatic rings. The molecule has 0 saturated heterocycles. The van der Waals surface area contributed by atoms with Crippen LogP contribution in [-0.4, -0.2) is 50.7 Å². The maximum absolute atomic E-state index is 13.0. The Kier molecular flexibility index (Phi) is 6.57. The summed E-state index contributed by atoms with van der Waals surface area (Å²) in [5.41, 5.74) is 6.83. The fourth-order valence-corrected chi connectivity index (χ4v) is 3.34. The molecule has 0 saturated carbocycles. The Labute approximate surface area is 154 Å². The highest BCUT2D eigenvalue weighted by Crippen LogP contribution is 2.23. The summed E-state index contributed by atoms with van der Waals surface area (Å²) in [5, 5.41) is -0.234. The van der Waals surface area contributed by atoms with Crippen LogP contribution in [0, 0.1) is 6.92 Å². The minimum absolute atomic E-state index is 0.234. The molecule has 1 aromatic heterocycles. The number of furan rings is 1. The molecule has 2 N–H and O–H groups in total. The molecule has 7 nitrogen and oxygen atoms in total. The number of benzene rings is 1. The van der Waals surface area contributed by atoms with Crippen LogP contribution in [0.4, 0.5) is 0 Å². The number of rotatable bonds is 8. The van der Waals surface area contributed by atoms with Crippen molar-refractivity contribution in [3.05, 3.63) is 53.3 Å². The van der Waals surface area contributed by atoms with Crippen molar-refractivity contribution in [2.45, 2.75) is 25.0 Å². The lowest BCUT2D eigenvalue weighted by Gasteiger charge is -2.22. The predicted octanol–water partition coefficient (Wildman–Crippen LogP) is 1.83. The number of nitrogens with zero attached hydrogens (tertiary/aromatic N) is 2. The van der Waals surface area contributed by atoms with Gasteiger partial charge >= 0.3 is 0 Å². The first kappa shape index (κ1) is 20.2. The molecule has 1 aromatic carbocycles. The van der Waals surface area contributed by atoms with Crippen LogP contribution in [0.3, 0.4) is 0 Å². The van der Waals surface area contributed by atoms with Crippen LogP contribution in [0.25, 0.3) is 0 Å². The van der Waals surface area contributed by atoms with E-state index in [1.807, 2.05) is 30.3 Å². The standard InChI is InChI=1S/C18H25N3O4S/c1-14-16(12-17(25-14)26(23,24)20(2)3)18(22)21(11-7-10-19)13-15-8-5-4-6-9-15/h4-6,8-9,12H,7,10-11,13,19H2,1-3H3. The van der Waals surface area contributed by atoms with E-state index in [0.29, 0.717) is 26.1 Å². The summed E-state index contributed by atoms with van der Waals surface area (Å²) in [6.45, 7) is 2.94. The smallest absolute Gasteiger partial charge is 0.275 e. The first-order valence-electron chi connectivity index (χ1n) is 8.33. The SMILES string of the molecule is Cc1oc(S(=O)(=O)N(C)C)cc1C(=O)N(CCCN)Cc1ccccc1. The molecule has 1 amide bonds. The van der Waals surface area contributed by atoms with Gasteiger partial charge in [0.15, 0.2) is 0 Å². The second-order valence-corrected chi connectivity index (χ2v) is 8.26. The molecule has 0 radical (unpaired) electrons. The second kappa shape index (κ2) is 8.48. The summed E-state index contributed by atoms with van der Waals surface area (Å²) in [6, 6.07) is 10.9. The van der Waals surface area contributed by atoms with E-state index < -0.39 is 10.0 Å². The number of sulfonamides is 1. The third-order valence-electron chi connectivity index (χ3n) is 4.00. The Hall–Kier alpha value is -2.16. The molecule has 0 fully saturated rings. The molecule has 0 atom stereocenters. The van der Waals surface area contributed by atoms with Gasteiger partial charge in [-0.3, -0.25) is 4.79 Å². The highest BCUT2D eigenvalue weighted by molar-refractivity contribution is 7.88. The Balaban J connectivity index is 2.32. The normalized spacial score (nSPS) is 11.7. The molecular weight excluding hydrogens is 354 g/mol. The van der Waals surface area contributed by atoms with Gasteiger partial charge in [-0.05, 0) is 25.5 Å². The molecule has 0 aliphatic carbocycles. The number of hydrogen-bond acceptors (Lipinski definition) is 5. The fourth-order valence-electron chi connectivity index (χ4n) is 2.48. The van der Waals surface area contributed by atoms with E-state index in [9.17, 15) is 13.2 Å². The zero-order valence-corrected chi connectivity index (χ0v) is 16.1. The summed E-state index contributed by atoms with van der Waals surface area (Å²) in [5.74, 6) is 0.00462. The molecule has 0 bridgehead atoms. The van der Waals surface area contributed by atoms with E-state index in [-0.39, 0.29) is 22.3 Å². The zero-order chi connectivity index (χ0) is 19.3. The van der Waals surface area contributed by atoms with Gasteiger partial charge in [-0.2, -0.15) is 0 Å². The molecule has 0 spiro atoms. The van der Waals surface area contributed by atoms with E-state index in [0.717, 1.165) is 9.87 Å². The van der Waals surface area contributed by atoms with E-state index >= 15 is 0 Å². The van der Waals surface area contributed by atoms with E-state index in [1.54, 1.807) is 11.8 Å². The van der Waals surface area contributed by atoms with Crippen molar-refractivity contribution in [3.8, 4) is 0 Å². The van der Waals surface area contributed by atoms with Crippen LogP contribution >= 0.6 is 0 Å². The lowest BCUT2D eigenvalue weighted by atomic mass is 10.1. The lowest BCUT2D eigenvalue weighted by molar-refractivity contribution is 0.0740. The predicted molar refractivity (Wildman–Crippen MR) is 99.2 cm³/mol. The van der Waals surface area contributed by atoms with Crippen molar-refractivity contribution in [1.82, 2.24) is 9.21 Å². The number of carbonyl (C=O) groups is 1. The molecule has 0 unspecified atom stereocenters. The molecule has 0 aliphatic heterocycles. The van der Waals surface area contributed by atoms with Gasteiger partial charge in [0.2, 0.25) is 5.09 Å². The van der Waals surface area contributed by atoms with Crippen LogP contribution in [0.2, 0.25) is 0 Å². The van der Waals surface area contributed by atoms with Gasteiger partial charge < -0.3 is 15.1 Å². The maximum atomic E-state index is 13.0. The summed E-state index contributed by atoms with van der Waals surface area (Å²) in [6.07, 6.45) is 0.651. The van der Waals surface area contributed by atoms with Gasteiger partial charge in [0, 0.05) is 33.3 Å². The van der Waals surface area contributed by atoms with E-state index in [4.69, 9.17) is 10.2 Å². The molecule has 142 valence electrons. The first-order valence-corrected chi connectivity index (χ1v) is 9.77. The monoisotopic (exact) mass is 379 g/mol. The Morgan fingerprint density at radius 2 is 1.85 bits per heavy atom. The van der Waals surface area contributed by atoms with Crippen molar-refractivity contribution in [2.75, 3.05) is 27.2 Å². The van der Waals surface area contributed by atoms with E-state index in [2.05, 4.69) is 0 Å². The highest BCUT2D eigenvalue weighted by atomic mass is 32.2. The van der Waals surface area contributed by atoms with E-state index in [1.165, 1.54) is 20.2 Å². The Morgan fingerprint density at radius 3 is 2.42 bits per heavy atom. The second-order valence-electron chi connectivity index (χ2n) is 6.18. The number of carbonyl (C=O) groups excluding carboxylic acids is 1. The first-order chi connectivity index (χ1) is 12.3. The minimum Gasteiger partial charge on any atom is -0.448 e. The van der Waals surface area contributed by atoms with Crippen LogP contribution < -0.4 is 5.73 Å². The van der Waals surface area contributed by atoms with Crippen molar-refractivity contribution in [2.24, 2.45) is 5.73 Å². The molecule has 1 heterocycles. The van der Waals surface area contributed by atoms with Crippen LogP contribution in [0.15, 0.2) is 45.9 Å². The lowest BCUT2D eigenvalue weighted by Crippen LogP contribution is -2.32. The largest absolute Gasteiger partial charge is 0.448 e. The molecule has 2 rings (SSSR count). The number of nitrogens with two attached hydrogens (primary N) is 1. The van der Waals surface area contributed by atoms with Gasteiger partial charge in [-0.25, -0.2) is 12.7 Å². The Morgan fingerprint density at radius 1 is 1.19 bits per heavy atom. The number of amides is 1. The number of hydrogen-bond donors (Lipinski definition) is 1. The molecule has 26 heavy (non-hydrogen) atoms. The van der Waals surface area contributed by atoms with Gasteiger partial charge in [0.1, 0.15) is 5.76 Å². The summed E-state index contributed by atoms with van der Waals surface area (Å²) in [4.78, 5) is 14.7. The fraction of sp³-hybridized carbons (Fsp3) is 0.389. The molecule has 8 heteroatoms. The quantitative estimate of drug-likeness (QED) is 0.755. The van der Waals surface area contributed by atoms with Crippen LogP contribution in [-0.2, 0) is 16.6 Å². The van der Waals surface area contributed by atoms with Gasteiger partial charge in [-0.15, -0.1) is 0 Å². The van der Waals surface area contributed by atoms with Crippen molar-refractivity contribution < 1.29 is 17.6 Å². The topological polar surface area (TPSA) is 96.8 Å². The molecular formula is C18H25N3O4S. The van der Waals surface area contributed by atoms with Crippen molar-refractivity contribution in [1.29, 1.82) is 0 Å². The summed E-state index contributed by atoms with van der Waals surface area (Å²) < 4.78 is 30.9.